The second-order valence-electron chi connectivity index (χ2n) is 8.05. The van der Waals surface area contributed by atoms with Gasteiger partial charge in [-0.05, 0) is 56.5 Å². The van der Waals surface area contributed by atoms with E-state index in [-0.39, 0.29) is 5.56 Å². The summed E-state index contributed by atoms with van der Waals surface area (Å²) in [5, 5.41) is 9.62. The first-order valence-electron chi connectivity index (χ1n) is 9.70. The SMILES string of the molecule is CC(C)(C)OC(=O)N[C@@H](Cc1ccccc1)c1cc(-c2ccc(N)cc2)c(=O)[nH]n1. The number of nitrogens with two attached hydrogens (primary N) is 1. The van der Waals surface area contributed by atoms with Gasteiger partial charge in [0.05, 0.1) is 17.3 Å². The molecule has 156 valence electrons. The lowest BCUT2D eigenvalue weighted by atomic mass is 10.0. The zero-order chi connectivity index (χ0) is 21.7. The maximum absolute atomic E-state index is 12.4. The number of hydrogen-bond donors (Lipinski definition) is 3. The van der Waals surface area contributed by atoms with Gasteiger partial charge in [0.1, 0.15) is 5.60 Å². The van der Waals surface area contributed by atoms with Crippen LogP contribution in [0.1, 0.15) is 38.1 Å². The van der Waals surface area contributed by atoms with Gasteiger partial charge in [-0.1, -0.05) is 42.5 Å². The van der Waals surface area contributed by atoms with Crippen molar-refractivity contribution in [2.24, 2.45) is 0 Å². The Labute approximate surface area is 175 Å². The Bertz CT molecular complexity index is 1050. The molecule has 0 aliphatic heterocycles. The highest BCUT2D eigenvalue weighted by Crippen LogP contribution is 2.22. The molecule has 0 radical (unpaired) electrons. The lowest BCUT2D eigenvalue weighted by molar-refractivity contribution is 0.0502. The average molecular weight is 406 g/mol. The van der Waals surface area contributed by atoms with Gasteiger partial charge >= 0.3 is 6.09 Å². The smallest absolute Gasteiger partial charge is 0.408 e. The number of aromatic nitrogens is 2. The van der Waals surface area contributed by atoms with Crippen molar-refractivity contribution >= 4 is 11.8 Å². The lowest BCUT2D eigenvalue weighted by Gasteiger charge is -2.23. The highest BCUT2D eigenvalue weighted by atomic mass is 16.6. The Kier molecular flexibility index (Phi) is 6.20. The number of aromatic amines is 1. The van der Waals surface area contributed by atoms with Gasteiger partial charge in [0, 0.05) is 5.69 Å². The van der Waals surface area contributed by atoms with Crippen LogP contribution in [0.15, 0.2) is 65.5 Å². The van der Waals surface area contributed by atoms with Crippen molar-refractivity contribution in [2.45, 2.75) is 38.8 Å². The third kappa shape index (κ3) is 5.70. The number of alkyl carbamates (subject to hydrolysis) is 1. The van der Waals surface area contributed by atoms with E-state index in [0.29, 0.717) is 28.9 Å². The highest BCUT2D eigenvalue weighted by Gasteiger charge is 2.23. The van der Waals surface area contributed by atoms with Gasteiger partial charge in [-0.25, -0.2) is 9.89 Å². The number of nitrogen functional groups attached to an aromatic ring is 1. The maximum atomic E-state index is 12.4. The number of rotatable bonds is 5. The number of carbonyl (C=O) groups is 1. The molecule has 30 heavy (non-hydrogen) atoms. The van der Waals surface area contributed by atoms with Gasteiger partial charge in [0.15, 0.2) is 0 Å². The molecule has 4 N–H and O–H groups in total. The van der Waals surface area contributed by atoms with E-state index >= 15 is 0 Å². The fourth-order valence-electron chi connectivity index (χ4n) is 3.01. The normalized spacial score (nSPS) is 12.2. The molecule has 1 heterocycles. The number of benzene rings is 2. The summed E-state index contributed by atoms with van der Waals surface area (Å²) in [7, 11) is 0. The van der Waals surface area contributed by atoms with Gasteiger partial charge < -0.3 is 15.8 Å². The first-order valence-corrected chi connectivity index (χ1v) is 9.70. The van der Waals surface area contributed by atoms with Gasteiger partial charge in [-0.15, -0.1) is 0 Å². The minimum absolute atomic E-state index is 0.320. The van der Waals surface area contributed by atoms with Crippen LogP contribution in [0.5, 0.6) is 0 Å². The van der Waals surface area contributed by atoms with Crippen molar-refractivity contribution in [1.29, 1.82) is 0 Å². The predicted molar refractivity (Wildman–Crippen MR) is 117 cm³/mol. The molecule has 1 atom stereocenters. The van der Waals surface area contributed by atoms with Gasteiger partial charge in [-0.2, -0.15) is 5.10 Å². The van der Waals surface area contributed by atoms with E-state index in [1.54, 1.807) is 51.1 Å². The number of H-pyrrole nitrogens is 1. The van der Waals surface area contributed by atoms with Gasteiger partial charge in [0.25, 0.3) is 5.56 Å². The lowest BCUT2D eigenvalue weighted by Crippen LogP contribution is -2.36. The molecule has 1 amide bonds. The summed E-state index contributed by atoms with van der Waals surface area (Å²) in [4.78, 5) is 24.8. The molecular weight excluding hydrogens is 380 g/mol. The number of ether oxygens (including phenoxy) is 1. The Morgan fingerprint density at radius 2 is 1.80 bits per heavy atom. The predicted octanol–water partition coefficient (Wildman–Crippen LogP) is 3.83. The van der Waals surface area contributed by atoms with Crippen molar-refractivity contribution in [3.8, 4) is 11.1 Å². The summed E-state index contributed by atoms with van der Waals surface area (Å²) in [6.45, 7) is 5.41. The molecule has 0 aliphatic rings. The van der Waals surface area contributed by atoms with Crippen LogP contribution in [0.25, 0.3) is 11.1 Å². The van der Waals surface area contributed by atoms with Crippen LogP contribution in [0.2, 0.25) is 0 Å². The number of hydrogen-bond acceptors (Lipinski definition) is 5. The molecule has 0 saturated carbocycles. The van der Waals surface area contributed by atoms with Crippen molar-refractivity contribution in [3.05, 3.63) is 82.3 Å². The molecule has 7 heteroatoms. The van der Waals surface area contributed by atoms with E-state index in [4.69, 9.17) is 10.5 Å². The third-order valence-electron chi connectivity index (χ3n) is 4.38. The van der Waals surface area contributed by atoms with Crippen molar-refractivity contribution in [1.82, 2.24) is 15.5 Å². The molecule has 2 aromatic carbocycles. The molecule has 3 aromatic rings. The molecule has 0 saturated heterocycles. The van der Waals surface area contributed by atoms with E-state index in [1.807, 2.05) is 30.3 Å². The second kappa shape index (κ2) is 8.82. The van der Waals surface area contributed by atoms with Crippen LogP contribution in [0.3, 0.4) is 0 Å². The Balaban J connectivity index is 1.95. The van der Waals surface area contributed by atoms with Crippen LogP contribution >= 0.6 is 0 Å². The summed E-state index contributed by atoms with van der Waals surface area (Å²) < 4.78 is 5.42. The maximum Gasteiger partial charge on any atom is 0.408 e. The standard InChI is InChI=1S/C23H26N4O3/c1-23(2,3)30-22(29)25-19(13-15-7-5-4-6-8-15)20-14-18(21(28)27-26-20)16-9-11-17(24)12-10-16/h4-12,14,19H,13,24H2,1-3H3,(H,25,29)(H,27,28)/t19-/m0/s1. The monoisotopic (exact) mass is 406 g/mol. The summed E-state index contributed by atoms with van der Waals surface area (Å²) in [6, 6.07) is 17.9. The Morgan fingerprint density at radius 1 is 1.13 bits per heavy atom. The Morgan fingerprint density at radius 3 is 2.43 bits per heavy atom. The second-order valence-corrected chi connectivity index (χ2v) is 8.05. The van der Waals surface area contributed by atoms with Crippen molar-refractivity contribution in [3.63, 3.8) is 0 Å². The van der Waals surface area contributed by atoms with E-state index in [2.05, 4.69) is 15.5 Å². The number of anilines is 1. The summed E-state index contributed by atoms with van der Waals surface area (Å²) in [5.41, 5.74) is 8.11. The quantitative estimate of drug-likeness (QED) is 0.558. The third-order valence-corrected chi connectivity index (χ3v) is 4.38. The topological polar surface area (TPSA) is 110 Å². The van der Waals surface area contributed by atoms with Gasteiger partial charge in [-0.3, -0.25) is 4.79 Å². The minimum atomic E-state index is -0.630. The zero-order valence-electron chi connectivity index (χ0n) is 17.3. The molecule has 1 aromatic heterocycles. The van der Waals surface area contributed by atoms with E-state index < -0.39 is 17.7 Å². The summed E-state index contributed by atoms with van der Waals surface area (Å²) >= 11 is 0. The highest BCUT2D eigenvalue weighted by molar-refractivity contribution is 5.69. The molecule has 3 rings (SSSR count). The van der Waals surface area contributed by atoms with Crippen LogP contribution in [0.4, 0.5) is 10.5 Å². The van der Waals surface area contributed by atoms with Crippen molar-refractivity contribution < 1.29 is 9.53 Å². The van der Waals surface area contributed by atoms with Crippen LogP contribution < -0.4 is 16.6 Å². The fourth-order valence-corrected chi connectivity index (χ4v) is 3.01. The first kappa shape index (κ1) is 21.1. The minimum Gasteiger partial charge on any atom is -0.444 e. The van der Waals surface area contributed by atoms with E-state index in [0.717, 1.165) is 5.56 Å². The number of nitrogens with one attached hydrogen (secondary N) is 2. The average Bonchev–Trinajstić information content (AvgIpc) is 2.68. The summed E-state index contributed by atoms with van der Waals surface area (Å²) in [5.74, 6) is 0. The fraction of sp³-hybridized carbons (Fsp3) is 0.261. The molecule has 0 spiro atoms. The molecule has 7 nitrogen and oxygen atoms in total. The molecule has 0 aliphatic carbocycles. The zero-order valence-corrected chi connectivity index (χ0v) is 17.3. The van der Waals surface area contributed by atoms with Crippen LogP contribution in [0, 0.1) is 0 Å². The summed E-state index contributed by atoms with van der Waals surface area (Å²) in [6.07, 6.45) is -0.0641. The Hall–Kier alpha value is -3.61. The van der Waals surface area contributed by atoms with Crippen LogP contribution in [-0.4, -0.2) is 21.9 Å². The van der Waals surface area contributed by atoms with Crippen molar-refractivity contribution in [2.75, 3.05) is 5.73 Å². The van der Waals surface area contributed by atoms with E-state index in [1.165, 1.54) is 0 Å². The molecular formula is C23H26N4O3. The van der Waals surface area contributed by atoms with Gasteiger partial charge in [0.2, 0.25) is 0 Å². The van der Waals surface area contributed by atoms with Crippen LogP contribution in [-0.2, 0) is 11.2 Å². The van der Waals surface area contributed by atoms with E-state index in [9.17, 15) is 9.59 Å². The molecule has 0 unspecified atom stereocenters. The molecule has 0 bridgehead atoms. The molecule has 0 fully saturated rings. The first-order chi connectivity index (χ1) is 14.2. The number of carbonyl (C=O) groups excluding carboxylic acids is 1. The largest absolute Gasteiger partial charge is 0.444 e. The number of amides is 1. The number of nitrogens with zero attached hydrogens (tertiary/aromatic N) is 1.